The summed E-state index contributed by atoms with van der Waals surface area (Å²) in [6, 6.07) is 10.5. The summed E-state index contributed by atoms with van der Waals surface area (Å²) in [4.78, 5) is 32.3. The number of halogens is 1. The molecule has 0 aliphatic carbocycles. The Labute approximate surface area is 180 Å². The molecule has 2 aromatic carbocycles. The minimum absolute atomic E-state index is 0.282. The number of amides is 2. The molecule has 2 heterocycles. The number of benzene rings is 2. The van der Waals surface area contributed by atoms with Crippen LogP contribution in [-0.2, 0) is 9.59 Å². The van der Waals surface area contributed by atoms with Crippen molar-refractivity contribution in [3.8, 4) is 11.5 Å². The number of hydrogen-bond acceptors (Lipinski definition) is 6. The largest absolute Gasteiger partial charge is 0.493 e. The van der Waals surface area contributed by atoms with Gasteiger partial charge in [0.1, 0.15) is 11.5 Å². The first-order valence-electron chi connectivity index (χ1n) is 9.99. The predicted molar refractivity (Wildman–Crippen MR) is 114 cm³/mol. The quantitative estimate of drug-likeness (QED) is 0.686. The first-order chi connectivity index (χ1) is 14.9. The number of carbonyl (C=O) groups is 2. The Balaban J connectivity index is 1.79. The Kier molecular flexibility index (Phi) is 5.65. The van der Waals surface area contributed by atoms with E-state index in [1.807, 2.05) is 11.9 Å². The molecule has 2 aliphatic rings. The SMILES string of the molecule is COc1ccc(N2C(=O)C(c3ccc(F)cc3)=C(N3CCN(C)CC3)C2=O)cc1OC. The van der Waals surface area contributed by atoms with Crippen molar-refractivity contribution in [3.63, 3.8) is 0 Å². The van der Waals surface area contributed by atoms with Gasteiger partial charge in [-0.3, -0.25) is 9.59 Å². The highest BCUT2D eigenvalue weighted by Crippen LogP contribution is 2.38. The number of ether oxygens (including phenoxy) is 2. The summed E-state index contributed by atoms with van der Waals surface area (Å²) < 4.78 is 24.1. The summed E-state index contributed by atoms with van der Waals surface area (Å²) in [6.07, 6.45) is 0. The summed E-state index contributed by atoms with van der Waals surface area (Å²) in [5, 5.41) is 0. The number of carbonyl (C=O) groups excluding carboxylic acids is 2. The standard InChI is InChI=1S/C23H24FN3O4/c1-25-10-12-26(13-11-25)21-20(15-4-6-16(24)7-5-15)22(28)27(23(21)29)17-8-9-18(30-2)19(14-17)31-3/h4-9,14H,10-13H2,1-3H3. The van der Waals surface area contributed by atoms with Crippen molar-refractivity contribution in [3.05, 3.63) is 59.5 Å². The van der Waals surface area contributed by atoms with Crippen LogP contribution in [0.1, 0.15) is 5.56 Å². The van der Waals surface area contributed by atoms with Gasteiger partial charge in [0.2, 0.25) is 0 Å². The number of likely N-dealkylation sites (N-methyl/N-ethyl adjacent to an activating group) is 1. The molecule has 0 unspecified atom stereocenters. The molecule has 8 heteroatoms. The maximum absolute atomic E-state index is 13.5. The van der Waals surface area contributed by atoms with Crippen molar-refractivity contribution in [2.75, 3.05) is 52.3 Å². The van der Waals surface area contributed by atoms with E-state index in [9.17, 15) is 14.0 Å². The van der Waals surface area contributed by atoms with Crippen LogP contribution in [0.5, 0.6) is 11.5 Å². The fourth-order valence-corrected chi connectivity index (χ4v) is 3.92. The predicted octanol–water partition coefficient (Wildman–Crippen LogP) is 2.37. The van der Waals surface area contributed by atoms with E-state index in [-0.39, 0.29) is 5.57 Å². The van der Waals surface area contributed by atoms with Crippen molar-refractivity contribution < 1.29 is 23.5 Å². The molecule has 2 aromatic rings. The van der Waals surface area contributed by atoms with Gasteiger partial charge in [0.25, 0.3) is 11.8 Å². The number of imide groups is 1. The lowest BCUT2D eigenvalue weighted by atomic mass is 10.0. The molecular formula is C23H24FN3O4. The van der Waals surface area contributed by atoms with E-state index in [1.54, 1.807) is 18.2 Å². The third-order valence-electron chi connectivity index (χ3n) is 5.64. The average Bonchev–Trinajstić information content (AvgIpc) is 3.04. The third kappa shape index (κ3) is 3.74. The topological polar surface area (TPSA) is 62.3 Å². The first-order valence-corrected chi connectivity index (χ1v) is 9.99. The van der Waals surface area contributed by atoms with E-state index >= 15 is 0 Å². The van der Waals surface area contributed by atoms with Crippen LogP contribution >= 0.6 is 0 Å². The Morgan fingerprint density at radius 2 is 1.48 bits per heavy atom. The zero-order chi connectivity index (χ0) is 22.1. The highest BCUT2D eigenvalue weighted by atomic mass is 19.1. The maximum atomic E-state index is 13.5. The fourth-order valence-electron chi connectivity index (χ4n) is 3.92. The molecule has 0 saturated carbocycles. The molecule has 0 spiro atoms. The summed E-state index contributed by atoms with van der Waals surface area (Å²) in [7, 11) is 5.03. The lowest BCUT2D eigenvalue weighted by molar-refractivity contribution is -0.120. The van der Waals surface area contributed by atoms with E-state index < -0.39 is 17.6 Å². The molecule has 1 saturated heterocycles. The Bertz CT molecular complexity index is 1040. The Morgan fingerprint density at radius 3 is 2.10 bits per heavy atom. The van der Waals surface area contributed by atoms with E-state index in [4.69, 9.17) is 9.47 Å². The molecular weight excluding hydrogens is 401 g/mol. The van der Waals surface area contributed by atoms with Crippen molar-refractivity contribution in [1.82, 2.24) is 9.80 Å². The number of piperazine rings is 1. The summed E-state index contributed by atoms with van der Waals surface area (Å²) in [6.45, 7) is 2.79. The second-order valence-electron chi connectivity index (χ2n) is 7.51. The Hall–Kier alpha value is -3.39. The van der Waals surface area contributed by atoms with E-state index in [0.717, 1.165) is 18.0 Å². The van der Waals surface area contributed by atoms with Crippen LogP contribution in [0.15, 0.2) is 48.2 Å². The molecule has 0 bridgehead atoms. The van der Waals surface area contributed by atoms with Crippen molar-refractivity contribution in [1.29, 1.82) is 0 Å². The minimum atomic E-state index is -0.447. The van der Waals surface area contributed by atoms with Crippen LogP contribution in [0, 0.1) is 5.82 Å². The molecule has 162 valence electrons. The van der Waals surface area contributed by atoms with Gasteiger partial charge in [-0.25, -0.2) is 9.29 Å². The van der Waals surface area contributed by atoms with Crippen LogP contribution in [0.4, 0.5) is 10.1 Å². The Morgan fingerprint density at radius 1 is 0.839 bits per heavy atom. The fraction of sp³-hybridized carbons (Fsp3) is 0.304. The molecule has 0 N–H and O–H groups in total. The van der Waals surface area contributed by atoms with Crippen molar-refractivity contribution >= 4 is 23.1 Å². The molecule has 0 atom stereocenters. The number of nitrogens with zero attached hydrogens (tertiary/aromatic N) is 3. The monoisotopic (exact) mass is 425 g/mol. The van der Waals surface area contributed by atoms with Crippen LogP contribution in [-0.4, -0.2) is 69.1 Å². The minimum Gasteiger partial charge on any atom is -0.493 e. The van der Waals surface area contributed by atoms with E-state index in [1.165, 1.54) is 38.5 Å². The lowest BCUT2D eigenvalue weighted by Crippen LogP contribution is -2.46. The van der Waals surface area contributed by atoms with Gasteiger partial charge in [-0.1, -0.05) is 12.1 Å². The number of hydrogen-bond donors (Lipinski definition) is 0. The second-order valence-corrected chi connectivity index (χ2v) is 7.51. The van der Waals surface area contributed by atoms with Gasteiger partial charge in [0.15, 0.2) is 11.5 Å². The summed E-state index contributed by atoms with van der Waals surface area (Å²) >= 11 is 0. The van der Waals surface area contributed by atoms with Crippen molar-refractivity contribution in [2.24, 2.45) is 0 Å². The number of methoxy groups -OCH3 is 2. The zero-order valence-corrected chi connectivity index (χ0v) is 17.7. The molecule has 2 aliphatic heterocycles. The van der Waals surface area contributed by atoms with Gasteiger partial charge in [-0.05, 0) is 36.9 Å². The lowest BCUT2D eigenvalue weighted by Gasteiger charge is -2.34. The second kappa shape index (κ2) is 8.39. The molecule has 31 heavy (non-hydrogen) atoms. The normalized spacial score (nSPS) is 17.5. The number of rotatable bonds is 5. The number of anilines is 1. The van der Waals surface area contributed by atoms with E-state index in [2.05, 4.69) is 4.90 Å². The highest BCUT2D eigenvalue weighted by Gasteiger charge is 2.43. The van der Waals surface area contributed by atoms with Gasteiger partial charge in [-0.15, -0.1) is 0 Å². The third-order valence-corrected chi connectivity index (χ3v) is 5.64. The molecule has 2 amide bonds. The van der Waals surface area contributed by atoms with Gasteiger partial charge in [0.05, 0.1) is 25.5 Å². The molecule has 1 fully saturated rings. The molecule has 0 radical (unpaired) electrons. The van der Waals surface area contributed by atoms with Crippen LogP contribution in [0.25, 0.3) is 5.57 Å². The van der Waals surface area contributed by atoms with Gasteiger partial charge >= 0.3 is 0 Å². The van der Waals surface area contributed by atoms with Gasteiger partial charge in [-0.2, -0.15) is 0 Å². The summed E-state index contributed by atoms with van der Waals surface area (Å²) in [5.74, 6) is -0.341. The zero-order valence-electron chi connectivity index (χ0n) is 17.7. The average molecular weight is 425 g/mol. The van der Waals surface area contributed by atoms with Crippen LogP contribution < -0.4 is 14.4 Å². The van der Waals surface area contributed by atoms with Crippen molar-refractivity contribution in [2.45, 2.75) is 0 Å². The van der Waals surface area contributed by atoms with Crippen LogP contribution in [0.2, 0.25) is 0 Å². The molecule has 4 rings (SSSR count). The molecule has 7 nitrogen and oxygen atoms in total. The molecule has 0 aromatic heterocycles. The first kappa shape index (κ1) is 20.9. The summed E-state index contributed by atoms with van der Waals surface area (Å²) in [5.41, 5.74) is 1.52. The maximum Gasteiger partial charge on any atom is 0.282 e. The highest BCUT2D eigenvalue weighted by molar-refractivity contribution is 6.45. The van der Waals surface area contributed by atoms with Gasteiger partial charge in [0, 0.05) is 32.2 Å². The smallest absolute Gasteiger partial charge is 0.282 e. The van der Waals surface area contributed by atoms with Crippen LogP contribution in [0.3, 0.4) is 0 Å². The van der Waals surface area contributed by atoms with Gasteiger partial charge < -0.3 is 19.3 Å². The van der Waals surface area contributed by atoms with E-state index in [0.29, 0.717) is 41.5 Å².